The Bertz CT molecular complexity index is 889. The summed E-state index contributed by atoms with van der Waals surface area (Å²) in [5.41, 5.74) is 2.08. The average molecular weight is 477 g/mol. The van der Waals surface area contributed by atoms with Crippen LogP contribution in [0.5, 0.6) is 11.5 Å². The third kappa shape index (κ3) is 4.65. The van der Waals surface area contributed by atoms with Crippen molar-refractivity contribution >= 4 is 43.5 Å². The number of carbonyl (C=O) groups excluding carboxylic acids is 1. The minimum absolute atomic E-state index is 0.0887. The Morgan fingerprint density at radius 3 is 2.19 bits per heavy atom. The van der Waals surface area contributed by atoms with Gasteiger partial charge in [-0.15, -0.1) is 0 Å². The highest BCUT2D eigenvalue weighted by Gasteiger charge is 2.10. The summed E-state index contributed by atoms with van der Waals surface area (Å²) >= 11 is 6.49. The zero-order chi connectivity index (χ0) is 18.5. The van der Waals surface area contributed by atoms with E-state index in [4.69, 9.17) is 4.74 Å². The van der Waals surface area contributed by atoms with Crippen molar-refractivity contribution in [2.45, 2.75) is 6.61 Å². The second-order valence-electron chi connectivity index (χ2n) is 5.54. The van der Waals surface area contributed by atoms with Gasteiger partial charge in [-0.05, 0) is 73.8 Å². The number of hydrogen-bond donors (Lipinski definition) is 2. The molecule has 0 heterocycles. The smallest absolute Gasteiger partial charge is 0.255 e. The molecule has 3 aromatic rings. The summed E-state index contributed by atoms with van der Waals surface area (Å²) < 4.78 is 6.68. The first-order valence-corrected chi connectivity index (χ1v) is 9.37. The van der Waals surface area contributed by atoms with Crippen LogP contribution in [0.2, 0.25) is 0 Å². The van der Waals surface area contributed by atoms with E-state index >= 15 is 0 Å². The molecule has 0 saturated heterocycles. The molecule has 0 unspecified atom stereocenters. The summed E-state index contributed by atoms with van der Waals surface area (Å²) in [5, 5.41) is 12.5. The molecule has 3 rings (SSSR count). The number of hydrogen-bond acceptors (Lipinski definition) is 3. The predicted molar refractivity (Wildman–Crippen MR) is 109 cm³/mol. The number of halogens is 2. The number of rotatable bonds is 5. The molecule has 0 radical (unpaired) electrons. The molecule has 6 heteroatoms. The van der Waals surface area contributed by atoms with Gasteiger partial charge in [0.2, 0.25) is 0 Å². The van der Waals surface area contributed by atoms with Gasteiger partial charge in [0.25, 0.3) is 5.91 Å². The Kier molecular flexibility index (Phi) is 5.96. The summed E-state index contributed by atoms with van der Waals surface area (Å²) in [6, 6.07) is 20.1. The van der Waals surface area contributed by atoms with Crippen molar-refractivity contribution in [3.63, 3.8) is 0 Å². The van der Waals surface area contributed by atoms with Crippen molar-refractivity contribution in [1.82, 2.24) is 0 Å². The van der Waals surface area contributed by atoms with E-state index in [9.17, 15) is 9.90 Å². The zero-order valence-corrected chi connectivity index (χ0v) is 16.7. The van der Waals surface area contributed by atoms with E-state index in [1.165, 1.54) is 0 Å². The lowest BCUT2D eigenvalue weighted by Crippen LogP contribution is -2.12. The number of carbonyl (C=O) groups is 1. The number of para-hydroxylation sites is 1. The topological polar surface area (TPSA) is 58.6 Å². The van der Waals surface area contributed by atoms with E-state index in [0.717, 1.165) is 11.3 Å². The van der Waals surface area contributed by atoms with Gasteiger partial charge in [-0.25, -0.2) is 0 Å². The maximum atomic E-state index is 12.4. The highest BCUT2D eigenvalue weighted by Crippen LogP contribution is 2.35. The van der Waals surface area contributed by atoms with Crippen molar-refractivity contribution in [3.8, 4) is 11.5 Å². The van der Waals surface area contributed by atoms with Gasteiger partial charge < -0.3 is 15.2 Å². The molecule has 0 bridgehead atoms. The fraction of sp³-hybridized carbons (Fsp3) is 0.0500. The maximum Gasteiger partial charge on any atom is 0.255 e. The molecule has 132 valence electrons. The molecular formula is C20H15Br2NO3. The molecule has 0 aromatic heterocycles. The van der Waals surface area contributed by atoms with Crippen LogP contribution in [-0.4, -0.2) is 11.0 Å². The molecule has 0 spiro atoms. The zero-order valence-electron chi connectivity index (χ0n) is 13.6. The summed E-state index contributed by atoms with van der Waals surface area (Å²) in [4.78, 5) is 12.4. The first-order chi connectivity index (χ1) is 12.5. The summed E-state index contributed by atoms with van der Waals surface area (Å²) in [5.74, 6) is 0.661. The van der Waals surface area contributed by atoms with Gasteiger partial charge in [-0.1, -0.05) is 30.3 Å². The second kappa shape index (κ2) is 8.38. The predicted octanol–water partition coefficient (Wildman–Crippen LogP) is 5.75. The van der Waals surface area contributed by atoms with Crippen LogP contribution >= 0.6 is 31.9 Å². The number of benzene rings is 3. The molecule has 4 nitrogen and oxygen atoms in total. The largest absolute Gasteiger partial charge is 0.506 e. The van der Waals surface area contributed by atoms with Gasteiger partial charge in [0, 0.05) is 11.3 Å². The van der Waals surface area contributed by atoms with Crippen molar-refractivity contribution < 1.29 is 14.6 Å². The van der Waals surface area contributed by atoms with Gasteiger partial charge in [0.15, 0.2) is 0 Å². The van der Waals surface area contributed by atoms with Crippen LogP contribution in [0, 0.1) is 0 Å². The average Bonchev–Trinajstić information content (AvgIpc) is 2.65. The highest BCUT2D eigenvalue weighted by atomic mass is 79.9. The third-order valence-electron chi connectivity index (χ3n) is 3.64. The van der Waals surface area contributed by atoms with Gasteiger partial charge in [0.05, 0.1) is 8.95 Å². The normalized spacial score (nSPS) is 10.4. The molecule has 0 aliphatic rings. The number of phenolic OH excluding ortho intramolecular Hbond substituents is 1. The van der Waals surface area contributed by atoms with Crippen LogP contribution in [0.1, 0.15) is 15.9 Å². The van der Waals surface area contributed by atoms with Crippen LogP contribution < -0.4 is 10.1 Å². The monoisotopic (exact) mass is 475 g/mol. The molecule has 0 atom stereocenters. The molecule has 3 aromatic carbocycles. The number of amides is 1. The van der Waals surface area contributed by atoms with Gasteiger partial charge in [0.1, 0.15) is 18.1 Å². The molecule has 0 saturated carbocycles. The van der Waals surface area contributed by atoms with Crippen molar-refractivity contribution in [1.29, 1.82) is 0 Å². The van der Waals surface area contributed by atoms with Crippen molar-refractivity contribution in [2.24, 2.45) is 0 Å². The molecule has 0 fully saturated rings. The van der Waals surface area contributed by atoms with E-state index < -0.39 is 0 Å². The number of ether oxygens (including phenoxy) is 1. The minimum atomic E-state index is -0.231. The Balaban J connectivity index is 1.63. The number of anilines is 1. The van der Waals surface area contributed by atoms with Crippen LogP contribution in [-0.2, 0) is 6.61 Å². The molecule has 0 aliphatic carbocycles. The third-order valence-corrected chi connectivity index (χ3v) is 4.85. The Labute approximate surface area is 168 Å². The molecular weight excluding hydrogens is 462 g/mol. The second-order valence-corrected chi connectivity index (χ2v) is 7.25. The lowest BCUT2D eigenvalue weighted by molar-refractivity contribution is 0.102. The summed E-state index contributed by atoms with van der Waals surface area (Å²) in [6.45, 7) is 0.434. The Morgan fingerprint density at radius 2 is 1.58 bits per heavy atom. The van der Waals surface area contributed by atoms with E-state index in [0.29, 0.717) is 26.8 Å². The van der Waals surface area contributed by atoms with Gasteiger partial charge >= 0.3 is 0 Å². The molecule has 26 heavy (non-hydrogen) atoms. The molecule has 2 N–H and O–H groups in total. The SMILES string of the molecule is O=C(Nc1cc(Br)c(O)c(Br)c1)c1ccc(COc2ccccc2)cc1. The van der Waals surface area contributed by atoms with Crippen LogP contribution in [0.15, 0.2) is 75.7 Å². The first kappa shape index (κ1) is 18.5. The summed E-state index contributed by atoms with van der Waals surface area (Å²) in [7, 11) is 0. The van der Waals surface area contributed by atoms with E-state index in [1.54, 1.807) is 24.3 Å². The minimum Gasteiger partial charge on any atom is -0.506 e. The maximum absolute atomic E-state index is 12.4. The summed E-state index contributed by atoms with van der Waals surface area (Å²) in [6.07, 6.45) is 0. The van der Waals surface area contributed by atoms with E-state index in [1.807, 2.05) is 42.5 Å². The fourth-order valence-electron chi connectivity index (χ4n) is 2.28. The van der Waals surface area contributed by atoms with Crippen LogP contribution in [0.4, 0.5) is 5.69 Å². The van der Waals surface area contributed by atoms with Crippen molar-refractivity contribution in [3.05, 3.63) is 86.8 Å². The molecule has 0 aliphatic heterocycles. The van der Waals surface area contributed by atoms with Crippen LogP contribution in [0.3, 0.4) is 0 Å². The lowest BCUT2D eigenvalue weighted by atomic mass is 10.1. The molecule has 1 amide bonds. The lowest BCUT2D eigenvalue weighted by Gasteiger charge is -2.09. The standard InChI is InChI=1S/C20H15Br2NO3/c21-17-10-15(11-18(22)19(17)24)23-20(25)14-8-6-13(7-9-14)12-26-16-4-2-1-3-5-16/h1-11,24H,12H2,(H,23,25). The van der Waals surface area contributed by atoms with Gasteiger partial charge in [-0.3, -0.25) is 4.79 Å². The quantitative estimate of drug-likeness (QED) is 0.461. The Morgan fingerprint density at radius 1 is 0.962 bits per heavy atom. The van der Waals surface area contributed by atoms with Crippen LogP contribution in [0.25, 0.3) is 0 Å². The fourth-order valence-corrected chi connectivity index (χ4v) is 3.46. The number of aromatic hydroxyl groups is 1. The van der Waals surface area contributed by atoms with E-state index in [2.05, 4.69) is 37.2 Å². The van der Waals surface area contributed by atoms with E-state index in [-0.39, 0.29) is 11.7 Å². The number of phenols is 1. The Hall–Kier alpha value is -2.31. The highest BCUT2D eigenvalue weighted by molar-refractivity contribution is 9.11. The first-order valence-electron chi connectivity index (χ1n) is 7.79. The number of nitrogens with one attached hydrogen (secondary N) is 1. The van der Waals surface area contributed by atoms with Crippen molar-refractivity contribution in [2.75, 3.05) is 5.32 Å². The van der Waals surface area contributed by atoms with Gasteiger partial charge in [-0.2, -0.15) is 0 Å².